The first-order chi connectivity index (χ1) is 14.7. The molecule has 0 spiro atoms. The molecule has 0 radical (unpaired) electrons. The summed E-state index contributed by atoms with van der Waals surface area (Å²) < 4.78 is 1.13. The maximum absolute atomic E-state index is 12.8. The van der Waals surface area contributed by atoms with Gasteiger partial charge >= 0.3 is 5.97 Å². The fourth-order valence-corrected chi connectivity index (χ4v) is 6.31. The van der Waals surface area contributed by atoms with Crippen molar-refractivity contribution >= 4 is 55.7 Å². The molecule has 162 valence electrons. The number of primary amides is 1. The lowest BCUT2D eigenvalue weighted by atomic mass is 9.88. The normalized spacial score (nSPS) is 15.6. The molecule has 1 atom stereocenters. The molecule has 3 heterocycles. The summed E-state index contributed by atoms with van der Waals surface area (Å²) in [5, 5.41) is 12.6. The Morgan fingerprint density at radius 1 is 1.35 bits per heavy atom. The van der Waals surface area contributed by atoms with Crippen LogP contribution in [-0.4, -0.2) is 32.4 Å². The predicted molar refractivity (Wildman–Crippen MR) is 118 cm³/mol. The second-order valence-corrected chi connectivity index (χ2v) is 9.79. The highest BCUT2D eigenvalue weighted by molar-refractivity contribution is 7.20. The third-order valence-electron chi connectivity index (χ3n) is 5.44. The molecule has 1 aliphatic carbocycles. The molecule has 9 nitrogen and oxygen atoms in total. The van der Waals surface area contributed by atoms with Crippen molar-refractivity contribution in [2.45, 2.75) is 39.7 Å². The Kier molecular flexibility index (Phi) is 5.40. The summed E-state index contributed by atoms with van der Waals surface area (Å²) in [5.41, 5.74) is 6.67. The Hall–Kier alpha value is -3.05. The van der Waals surface area contributed by atoms with E-state index in [-0.39, 0.29) is 16.8 Å². The molecule has 0 saturated carbocycles. The van der Waals surface area contributed by atoms with E-state index in [0.29, 0.717) is 26.9 Å². The van der Waals surface area contributed by atoms with Crippen LogP contribution < -0.4 is 16.6 Å². The van der Waals surface area contributed by atoms with Crippen molar-refractivity contribution in [3.8, 4) is 0 Å². The lowest BCUT2D eigenvalue weighted by Gasteiger charge is -2.18. The molecule has 31 heavy (non-hydrogen) atoms. The van der Waals surface area contributed by atoms with Crippen LogP contribution >= 0.6 is 22.7 Å². The number of hydrogen-bond donors (Lipinski definition) is 3. The molecule has 0 bridgehead atoms. The quantitative estimate of drug-likeness (QED) is 0.533. The minimum absolute atomic E-state index is 0.0475. The van der Waals surface area contributed by atoms with Gasteiger partial charge in [-0.25, -0.2) is 9.78 Å². The first kappa shape index (κ1) is 21.2. The fourth-order valence-electron chi connectivity index (χ4n) is 3.90. The molecule has 0 aromatic carbocycles. The molecule has 1 aliphatic rings. The summed E-state index contributed by atoms with van der Waals surface area (Å²) in [6.45, 7) is 3.37. The summed E-state index contributed by atoms with van der Waals surface area (Å²) in [6.07, 6.45) is 3.75. The Morgan fingerprint density at radius 2 is 2.10 bits per heavy atom. The average Bonchev–Trinajstić information content (AvgIpc) is 3.21. The van der Waals surface area contributed by atoms with Crippen LogP contribution in [0.2, 0.25) is 0 Å². The Morgan fingerprint density at radius 3 is 2.77 bits per heavy atom. The molecular weight excluding hydrogens is 440 g/mol. The molecule has 11 heteroatoms. The van der Waals surface area contributed by atoms with Crippen LogP contribution in [0, 0.1) is 12.8 Å². The number of nitrogens with zero attached hydrogens (tertiary/aromatic N) is 2. The molecule has 1 unspecified atom stereocenters. The first-order valence-electron chi connectivity index (χ1n) is 9.63. The number of amides is 2. The number of aromatic nitrogens is 2. The van der Waals surface area contributed by atoms with Crippen molar-refractivity contribution in [2.24, 2.45) is 11.7 Å². The Bertz CT molecular complexity index is 1300. The van der Waals surface area contributed by atoms with E-state index in [9.17, 15) is 24.3 Å². The third-order valence-corrected chi connectivity index (χ3v) is 7.79. The van der Waals surface area contributed by atoms with Crippen molar-refractivity contribution in [3.05, 3.63) is 43.1 Å². The lowest BCUT2D eigenvalue weighted by Crippen LogP contribution is -2.28. The van der Waals surface area contributed by atoms with Gasteiger partial charge in [0.25, 0.3) is 11.5 Å². The van der Waals surface area contributed by atoms with E-state index in [0.717, 1.165) is 45.6 Å². The van der Waals surface area contributed by atoms with E-state index in [1.807, 2.05) is 0 Å². The van der Waals surface area contributed by atoms with Crippen molar-refractivity contribution in [2.75, 3.05) is 5.32 Å². The van der Waals surface area contributed by atoms with E-state index >= 15 is 0 Å². The van der Waals surface area contributed by atoms with Crippen molar-refractivity contribution in [3.63, 3.8) is 0 Å². The summed E-state index contributed by atoms with van der Waals surface area (Å²) in [5.74, 6) is -1.71. The topological polar surface area (TPSA) is 144 Å². The molecule has 0 aliphatic heterocycles. The third kappa shape index (κ3) is 3.74. The van der Waals surface area contributed by atoms with Crippen LogP contribution in [0.1, 0.15) is 49.4 Å². The SMILES string of the molecule is Cc1c(C(=O)O)sc2ncn(CC(=O)Nc3sc4c(c3C(N)=O)CCC(C)C4)c(=O)c12. The predicted octanol–water partition coefficient (Wildman–Crippen LogP) is 2.39. The molecule has 3 aromatic heterocycles. The summed E-state index contributed by atoms with van der Waals surface area (Å²) in [4.78, 5) is 54.4. The average molecular weight is 461 g/mol. The minimum Gasteiger partial charge on any atom is -0.477 e. The molecular formula is C20H20N4O5S2. The van der Waals surface area contributed by atoms with Gasteiger partial charge in [0.2, 0.25) is 5.91 Å². The maximum Gasteiger partial charge on any atom is 0.346 e. The van der Waals surface area contributed by atoms with Gasteiger partial charge in [-0.3, -0.25) is 19.0 Å². The lowest BCUT2D eigenvalue weighted by molar-refractivity contribution is -0.116. The largest absolute Gasteiger partial charge is 0.477 e. The van der Waals surface area contributed by atoms with Gasteiger partial charge in [0.1, 0.15) is 21.3 Å². The number of anilines is 1. The monoisotopic (exact) mass is 460 g/mol. The highest BCUT2D eigenvalue weighted by Crippen LogP contribution is 2.39. The number of nitrogens with two attached hydrogens (primary N) is 1. The summed E-state index contributed by atoms with van der Waals surface area (Å²) in [6, 6.07) is 0. The second-order valence-electron chi connectivity index (χ2n) is 7.69. The number of thiophene rings is 2. The summed E-state index contributed by atoms with van der Waals surface area (Å²) >= 11 is 2.27. The number of nitrogens with one attached hydrogen (secondary N) is 1. The van der Waals surface area contributed by atoms with Crippen LogP contribution in [0.4, 0.5) is 5.00 Å². The van der Waals surface area contributed by atoms with Crippen molar-refractivity contribution in [1.29, 1.82) is 0 Å². The zero-order valence-electron chi connectivity index (χ0n) is 16.9. The van der Waals surface area contributed by atoms with Crippen LogP contribution in [0.15, 0.2) is 11.1 Å². The number of carbonyl (C=O) groups is 3. The van der Waals surface area contributed by atoms with Gasteiger partial charge in [0.05, 0.1) is 17.3 Å². The molecule has 3 aromatic rings. The van der Waals surface area contributed by atoms with E-state index in [4.69, 9.17) is 5.73 Å². The van der Waals surface area contributed by atoms with Gasteiger partial charge < -0.3 is 16.2 Å². The van der Waals surface area contributed by atoms with Crippen LogP contribution in [0.25, 0.3) is 10.2 Å². The maximum atomic E-state index is 12.8. The van der Waals surface area contributed by atoms with E-state index in [2.05, 4.69) is 17.2 Å². The Balaban J connectivity index is 1.63. The number of rotatable bonds is 5. The zero-order chi connectivity index (χ0) is 22.4. The highest BCUT2D eigenvalue weighted by Gasteiger charge is 2.27. The number of carbonyl (C=O) groups excluding carboxylic acids is 2. The van der Waals surface area contributed by atoms with E-state index < -0.39 is 23.3 Å². The number of hydrogen-bond acceptors (Lipinski definition) is 7. The van der Waals surface area contributed by atoms with Crippen LogP contribution in [0.5, 0.6) is 0 Å². The molecule has 4 N–H and O–H groups in total. The van der Waals surface area contributed by atoms with Crippen LogP contribution in [0.3, 0.4) is 0 Å². The van der Waals surface area contributed by atoms with E-state index in [1.54, 1.807) is 6.92 Å². The van der Waals surface area contributed by atoms with Gasteiger partial charge in [-0.15, -0.1) is 22.7 Å². The number of fused-ring (bicyclic) bond motifs is 2. The minimum atomic E-state index is -1.13. The number of aromatic carboxylic acids is 1. The van der Waals surface area contributed by atoms with Crippen LogP contribution in [-0.2, 0) is 24.2 Å². The number of aryl methyl sites for hydroxylation is 1. The Labute approximate surface area is 184 Å². The zero-order valence-corrected chi connectivity index (χ0v) is 18.5. The smallest absolute Gasteiger partial charge is 0.346 e. The van der Waals surface area contributed by atoms with Crippen molar-refractivity contribution < 1.29 is 19.5 Å². The molecule has 0 saturated heterocycles. The molecule has 2 amide bonds. The second kappa shape index (κ2) is 7.89. The van der Waals surface area contributed by atoms with Gasteiger partial charge in [0, 0.05) is 4.88 Å². The van der Waals surface area contributed by atoms with Gasteiger partial charge in [-0.05, 0) is 43.2 Å². The highest BCUT2D eigenvalue weighted by atomic mass is 32.1. The van der Waals surface area contributed by atoms with Gasteiger partial charge in [0.15, 0.2) is 0 Å². The van der Waals surface area contributed by atoms with Crippen molar-refractivity contribution in [1.82, 2.24) is 9.55 Å². The molecule has 4 rings (SSSR count). The fraction of sp³-hybridized carbons (Fsp3) is 0.350. The van der Waals surface area contributed by atoms with Gasteiger partial charge in [-0.1, -0.05) is 6.92 Å². The van der Waals surface area contributed by atoms with E-state index in [1.165, 1.54) is 17.7 Å². The first-order valence-corrected chi connectivity index (χ1v) is 11.3. The summed E-state index contributed by atoms with van der Waals surface area (Å²) in [7, 11) is 0. The number of carboxylic acids is 1. The standard InChI is InChI=1S/C20H20N4O5S2/c1-8-3-4-10-11(5-8)30-18(14(10)16(21)26)23-12(25)6-24-7-22-17-13(19(24)27)9(2)15(31-17)20(28)29/h7-8H,3-6H2,1-2H3,(H2,21,26)(H,23,25)(H,28,29). The van der Waals surface area contributed by atoms with Gasteiger partial charge in [-0.2, -0.15) is 0 Å². The number of carboxylic acid groups (broad SMARTS) is 1. The molecule has 0 fully saturated rings.